The summed E-state index contributed by atoms with van der Waals surface area (Å²) in [4.78, 5) is 29.2. The van der Waals surface area contributed by atoms with Gasteiger partial charge in [-0.15, -0.1) is 0 Å². The zero-order valence-electron chi connectivity index (χ0n) is 17.2. The number of carbonyl (C=O) groups is 2. The normalized spacial score (nSPS) is 15.8. The summed E-state index contributed by atoms with van der Waals surface area (Å²) < 4.78 is 5.30. The number of para-hydroxylation sites is 1. The van der Waals surface area contributed by atoms with Crippen molar-refractivity contribution in [3.8, 4) is 5.75 Å². The summed E-state index contributed by atoms with van der Waals surface area (Å²) in [5, 5.41) is 5.88. The summed E-state index contributed by atoms with van der Waals surface area (Å²) in [5.74, 6) is 0.733. The monoisotopic (exact) mass is 407 g/mol. The molecule has 7 heteroatoms. The Morgan fingerprint density at radius 1 is 1.20 bits per heavy atom. The van der Waals surface area contributed by atoms with Gasteiger partial charge in [0, 0.05) is 30.2 Å². The number of carbonyl (C=O) groups excluding carboxylic acids is 2. The minimum Gasteiger partial charge on any atom is -0.497 e. The SMILES string of the molecule is COc1ccc([C@H](C[NH2+][C@@H](C)C(=O)N2CCNC2=O)c2c[nH]c3ccccc23)cc1. The average Bonchev–Trinajstić information content (AvgIpc) is 3.40. The Labute approximate surface area is 175 Å². The van der Waals surface area contributed by atoms with Crippen LogP contribution in [0.2, 0.25) is 0 Å². The van der Waals surface area contributed by atoms with Crippen LogP contribution in [-0.2, 0) is 4.79 Å². The number of imide groups is 1. The quantitative estimate of drug-likeness (QED) is 0.558. The van der Waals surface area contributed by atoms with Crippen molar-refractivity contribution in [1.82, 2.24) is 15.2 Å². The van der Waals surface area contributed by atoms with E-state index < -0.39 is 0 Å². The van der Waals surface area contributed by atoms with Gasteiger partial charge in [-0.3, -0.25) is 9.69 Å². The van der Waals surface area contributed by atoms with Crippen molar-refractivity contribution in [2.45, 2.75) is 18.9 Å². The lowest BCUT2D eigenvalue weighted by Gasteiger charge is -2.21. The molecule has 3 aromatic rings. The van der Waals surface area contributed by atoms with Crippen LogP contribution < -0.4 is 15.4 Å². The fourth-order valence-electron chi connectivity index (χ4n) is 4.03. The highest BCUT2D eigenvalue weighted by molar-refractivity contribution is 5.97. The van der Waals surface area contributed by atoms with Crippen LogP contribution in [0, 0.1) is 0 Å². The first-order chi connectivity index (χ1) is 14.6. The number of methoxy groups -OCH3 is 1. The molecule has 2 aromatic carbocycles. The lowest BCUT2D eigenvalue weighted by molar-refractivity contribution is -0.675. The molecule has 2 heterocycles. The average molecular weight is 407 g/mol. The maximum Gasteiger partial charge on any atom is 0.324 e. The Balaban J connectivity index is 1.58. The van der Waals surface area contributed by atoms with Gasteiger partial charge in [0.05, 0.1) is 19.6 Å². The number of hydrogen-bond acceptors (Lipinski definition) is 3. The van der Waals surface area contributed by atoms with Gasteiger partial charge in [-0.25, -0.2) is 4.79 Å². The first-order valence-corrected chi connectivity index (χ1v) is 10.2. The summed E-state index contributed by atoms with van der Waals surface area (Å²) in [7, 11) is 1.65. The van der Waals surface area contributed by atoms with Crippen molar-refractivity contribution in [1.29, 1.82) is 0 Å². The fourth-order valence-corrected chi connectivity index (χ4v) is 4.03. The Hall–Kier alpha value is -3.32. The molecule has 1 saturated heterocycles. The van der Waals surface area contributed by atoms with Gasteiger partial charge in [0.2, 0.25) is 0 Å². The minimum absolute atomic E-state index is 0.0784. The lowest BCUT2D eigenvalue weighted by atomic mass is 9.90. The van der Waals surface area contributed by atoms with Gasteiger partial charge in [0.25, 0.3) is 5.91 Å². The molecule has 1 aliphatic rings. The molecule has 3 amide bonds. The van der Waals surface area contributed by atoms with E-state index in [-0.39, 0.29) is 23.9 Å². The molecule has 1 aliphatic heterocycles. The molecule has 0 aliphatic carbocycles. The van der Waals surface area contributed by atoms with Crippen molar-refractivity contribution < 1.29 is 19.6 Å². The minimum atomic E-state index is -0.347. The van der Waals surface area contributed by atoms with Crippen LogP contribution >= 0.6 is 0 Å². The van der Waals surface area contributed by atoms with E-state index >= 15 is 0 Å². The molecule has 0 saturated carbocycles. The van der Waals surface area contributed by atoms with Gasteiger partial charge in [0.1, 0.15) is 5.75 Å². The van der Waals surface area contributed by atoms with Crippen molar-refractivity contribution in [2.24, 2.45) is 0 Å². The highest BCUT2D eigenvalue weighted by Gasteiger charge is 2.32. The second-order valence-electron chi connectivity index (χ2n) is 7.60. The number of H-pyrrole nitrogens is 1. The number of urea groups is 1. The van der Waals surface area contributed by atoms with E-state index in [9.17, 15) is 9.59 Å². The number of rotatable bonds is 7. The molecule has 156 valence electrons. The highest BCUT2D eigenvalue weighted by atomic mass is 16.5. The zero-order valence-corrected chi connectivity index (χ0v) is 17.2. The number of aromatic amines is 1. The third-order valence-electron chi connectivity index (χ3n) is 5.75. The number of nitrogens with two attached hydrogens (primary N) is 1. The van der Waals surface area contributed by atoms with Gasteiger partial charge < -0.3 is 20.4 Å². The highest BCUT2D eigenvalue weighted by Crippen LogP contribution is 2.30. The molecule has 1 aromatic heterocycles. The smallest absolute Gasteiger partial charge is 0.324 e. The Morgan fingerprint density at radius 3 is 2.67 bits per heavy atom. The van der Waals surface area contributed by atoms with Crippen molar-refractivity contribution in [2.75, 3.05) is 26.7 Å². The molecule has 4 N–H and O–H groups in total. The standard InChI is InChI=1S/C23H26N4O3/c1-15(22(28)27-12-11-24-23(27)29)25-13-19(16-7-9-17(30-2)10-8-16)20-14-26-21-6-4-3-5-18(20)21/h3-10,14-15,19,25-26H,11-13H2,1-2H3,(H,24,29)/p+1/t15-,19-/m0/s1. The van der Waals surface area contributed by atoms with Crippen LogP contribution in [0.25, 0.3) is 10.9 Å². The number of benzene rings is 2. The lowest BCUT2D eigenvalue weighted by Crippen LogP contribution is -2.92. The van der Waals surface area contributed by atoms with Crippen molar-refractivity contribution >= 4 is 22.8 Å². The molecule has 4 rings (SSSR count). The summed E-state index contributed by atoms with van der Waals surface area (Å²) in [6.07, 6.45) is 2.05. The largest absolute Gasteiger partial charge is 0.497 e. The van der Waals surface area contributed by atoms with Crippen LogP contribution in [0.15, 0.2) is 54.7 Å². The maximum absolute atomic E-state index is 12.7. The van der Waals surface area contributed by atoms with E-state index in [1.807, 2.05) is 42.7 Å². The number of nitrogens with zero attached hydrogens (tertiary/aromatic N) is 1. The van der Waals surface area contributed by atoms with E-state index in [1.165, 1.54) is 15.8 Å². The Bertz CT molecular complexity index is 1040. The van der Waals surface area contributed by atoms with E-state index in [2.05, 4.69) is 34.6 Å². The maximum atomic E-state index is 12.7. The summed E-state index contributed by atoms with van der Waals surface area (Å²) in [6, 6.07) is 15.6. The number of fused-ring (bicyclic) bond motifs is 1. The zero-order chi connectivity index (χ0) is 21.1. The van der Waals surface area contributed by atoms with Crippen LogP contribution in [0.1, 0.15) is 24.0 Å². The van der Waals surface area contributed by atoms with Crippen LogP contribution in [0.5, 0.6) is 5.75 Å². The molecule has 2 atom stereocenters. The van der Waals surface area contributed by atoms with Gasteiger partial charge >= 0.3 is 6.03 Å². The van der Waals surface area contributed by atoms with E-state index in [0.717, 1.165) is 16.8 Å². The van der Waals surface area contributed by atoms with E-state index in [1.54, 1.807) is 7.11 Å². The molecule has 1 fully saturated rings. The summed E-state index contributed by atoms with van der Waals surface area (Å²) >= 11 is 0. The first-order valence-electron chi connectivity index (χ1n) is 10.2. The molecule has 0 unspecified atom stereocenters. The molecule has 30 heavy (non-hydrogen) atoms. The second kappa shape index (κ2) is 8.59. The van der Waals surface area contributed by atoms with Crippen molar-refractivity contribution in [3.63, 3.8) is 0 Å². The van der Waals surface area contributed by atoms with Gasteiger partial charge in [-0.05, 0) is 36.2 Å². The predicted octanol–water partition coefficient (Wildman–Crippen LogP) is 1.81. The second-order valence-corrected chi connectivity index (χ2v) is 7.60. The third kappa shape index (κ3) is 3.89. The number of nitrogens with one attached hydrogen (secondary N) is 2. The summed E-state index contributed by atoms with van der Waals surface area (Å²) in [5.41, 5.74) is 3.42. The fraction of sp³-hybridized carbons (Fsp3) is 0.304. The molecule has 0 radical (unpaired) electrons. The van der Waals surface area contributed by atoms with Gasteiger partial charge in [0.15, 0.2) is 6.04 Å². The third-order valence-corrected chi connectivity index (χ3v) is 5.75. The topological polar surface area (TPSA) is 91.0 Å². The first kappa shape index (κ1) is 20.0. The van der Waals surface area contributed by atoms with Gasteiger partial charge in [-0.2, -0.15) is 0 Å². The van der Waals surface area contributed by atoms with Crippen molar-refractivity contribution in [3.05, 3.63) is 65.9 Å². The number of quaternary nitrogens is 1. The van der Waals surface area contributed by atoms with E-state index in [0.29, 0.717) is 19.6 Å². The molecule has 0 spiro atoms. The Morgan fingerprint density at radius 2 is 1.97 bits per heavy atom. The predicted molar refractivity (Wildman–Crippen MR) is 115 cm³/mol. The van der Waals surface area contributed by atoms with Gasteiger partial charge in [-0.1, -0.05) is 30.3 Å². The number of ether oxygens (including phenoxy) is 1. The molecular weight excluding hydrogens is 380 g/mol. The number of hydrogen-bond donors (Lipinski definition) is 3. The van der Waals surface area contributed by atoms with Crippen LogP contribution in [-0.4, -0.2) is 54.6 Å². The molecule has 7 nitrogen and oxygen atoms in total. The van der Waals surface area contributed by atoms with E-state index in [4.69, 9.17) is 4.74 Å². The van der Waals surface area contributed by atoms with Crippen LogP contribution in [0.3, 0.4) is 0 Å². The summed E-state index contributed by atoms with van der Waals surface area (Å²) in [6.45, 7) is 3.48. The molecular formula is C23H27N4O3+. The molecule has 0 bridgehead atoms. The Kier molecular flexibility index (Phi) is 5.72. The number of amides is 3. The van der Waals surface area contributed by atoms with Crippen LogP contribution in [0.4, 0.5) is 4.79 Å². The number of aromatic nitrogens is 1.